The third-order valence-corrected chi connectivity index (χ3v) is 3.51. The summed E-state index contributed by atoms with van der Waals surface area (Å²) in [7, 11) is 0. The van der Waals surface area contributed by atoms with Crippen molar-refractivity contribution < 1.29 is 14.3 Å². The van der Waals surface area contributed by atoms with Gasteiger partial charge in [-0.25, -0.2) is 0 Å². The number of nitrogens with zero attached hydrogens (tertiary/aromatic N) is 1. The molecule has 1 saturated heterocycles. The smallest absolute Gasteiger partial charge is 0.310 e. The van der Waals surface area contributed by atoms with Crippen molar-refractivity contribution in [1.82, 2.24) is 4.90 Å². The number of amides is 1. The zero-order valence-electron chi connectivity index (χ0n) is 11.9. The van der Waals surface area contributed by atoms with Gasteiger partial charge in [-0.05, 0) is 31.4 Å². The fourth-order valence-corrected chi connectivity index (χ4v) is 2.44. The van der Waals surface area contributed by atoms with E-state index in [2.05, 4.69) is 0 Å². The quantitative estimate of drug-likeness (QED) is 0.793. The van der Waals surface area contributed by atoms with Gasteiger partial charge in [-0.3, -0.25) is 9.59 Å². The summed E-state index contributed by atoms with van der Waals surface area (Å²) in [4.78, 5) is 26.0. The maximum absolute atomic E-state index is 12.4. The second kappa shape index (κ2) is 7.08. The SMILES string of the molecule is CCCOC(=O)C1CCCN(C(=O)c2ccccc2)C1. The number of hydrogen-bond acceptors (Lipinski definition) is 3. The Kier molecular flexibility index (Phi) is 5.16. The minimum atomic E-state index is -0.178. The highest BCUT2D eigenvalue weighted by Gasteiger charge is 2.29. The van der Waals surface area contributed by atoms with E-state index in [9.17, 15) is 9.59 Å². The number of benzene rings is 1. The van der Waals surface area contributed by atoms with Gasteiger partial charge < -0.3 is 9.64 Å². The van der Waals surface area contributed by atoms with Gasteiger partial charge in [-0.2, -0.15) is 0 Å². The van der Waals surface area contributed by atoms with Crippen molar-refractivity contribution in [3.63, 3.8) is 0 Å². The Hall–Kier alpha value is -1.84. The van der Waals surface area contributed by atoms with E-state index in [1.807, 2.05) is 25.1 Å². The molecule has 0 spiro atoms. The molecule has 1 unspecified atom stereocenters. The zero-order chi connectivity index (χ0) is 14.4. The van der Waals surface area contributed by atoms with Crippen molar-refractivity contribution in [3.05, 3.63) is 35.9 Å². The van der Waals surface area contributed by atoms with Gasteiger partial charge >= 0.3 is 5.97 Å². The summed E-state index contributed by atoms with van der Waals surface area (Å²) in [6.45, 7) is 3.61. The molecule has 1 heterocycles. The van der Waals surface area contributed by atoms with Crippen molar-refractivity contribution in [3.8, 4) is 0 Å². The van der Waals surface area contributed by atoms with E-state index in [0.29, 0.717) is 25.3 Å². The van der Waals surface area contributed by atoms with Crippen molar-refractivity contribution in [2.24, 2.45) is 5.92 Å². The first-order valence-corrected chi connectivity index (χ1v) is 7.23. The highest BCUT2D eigenvalue weighted by molar-refractivity contribution is 5.94. The lowest BCUT2D eigenvalue weighted by atomic mass is 9.97. The second-order valence-electron chi connectivity index (χ2n) is 5.12. The molecule has 1 aromatic rings. The average Bonchev–Trinajstić information content (AvgIpc) is 2.52. The first kappa shape index (κ1) is 14.6. The van der Waals surface area contributed by atoms with Crippen LogP contribution in [0.1, 0.15) is 36.5 Å². The van der Waals surface area contributed by atoms with Crippen LogP contribution in [0.25, 0.3) is 0 Å². The lowest BCUT2D eigenvalue weighted by Gasteiger charge is -2.31. The fourth-order valence-electron chi connectivity index (χ4n) is 2.44. The van der Waals surface area contributed by atoms with Gasteiger partial charge in [0, 0.05) is 18.7 Å². The van der Waals surface area contributed by atoms with Crippen molar-refractivity contribution in [2.75, 3.05) is 19.7 Å². The predicted octanol–water partition coefficient (Wildman–Crippen LogP) is 2.49. The van der Waals surface area contributed by atoms with Gasteiger partial charge in [0.2, 0.25) is 0 Å². The Morgan fingerprint density at radius 2 is 2.05 bits per heavy atom. The van der Waals surface area contributed by atoms with E-state index in [-0.39, 0.29) is 17.8 Å². The number of ether oxygens (including phenoxy) is 1. The third kappa shape index (κ3) is 3.59. The van der Waals surface area contributed by atoms with Crippen LogP contribution < -0.4 is 0 Å². The van der Waals surface area contributed by atoms with E-state index in [1.54, 1.807) is 17.0 Å². The van der Waals surface area contributed by atoms with Crippen LogP contribution in [-0.2, 0) is 9.53 Å². The molecule has 0 N–H and O–H groups in total. The van der Waals surface area contributed by atoms with Gasteiger partial charge in [0.15, 0.2) is 0 Å². The summed E-state index contributed by atoms with van der Waals surface area (Å²) in [6, 6.07) is 9.20. The monoisotopic (exact) mass is 275 g/mol. The second-order valence-corrected chi connectivity index (χ2v) is 5.12. The van der Waals surface area contributed by atoms with Gasteiger partial charge in [-0.15, -0.1) is 0 Å². The molecule has 4 heteroatoms. The maximum Gasteiger partial charge on any atom is 0.310 e. The van der Waals surface area contributed by atoms with E-state index in [4.69, 9.17) is 4.74 Å². The molecule has 0 aromatic heterocycles. The summed E-state index contributed by atoms with van der Waals surface area (Å²) >= 11 is 0. The Morgan fingerprint density at radius 3 is 2.75 bits per heavy atom. The van der Waals surface area contributed by atoms with E-state index in [1.165, 1.54) is 0 Å². The van der Waals surface area contributed by atoms with Crippen LogP contribution in [0, 0.1) is 5.92 Å². The summed E-state index contributed by atoms with van der Waals surface area (Å²) < 4.78 is 5.19. The van der Waals surface area contributed by atoms with Crippen molar-refractivity contribution in [2.45, 2.75) is 26.2 Å². The molecule has 0 radical (unpaired) electrons. The van der Waals surface area contributed by atoms with Crippen LogP contribution in [0.5, 0.6) is 0 Å². The Balaban J connectivity index is 1.96. The van der Waals surface area contributed by atoms with Crippen LogP contribution in [0.3, 0.4) is 0 Å². The number of carbonyl (C=O) groups is 2. The van der Waals surface area contributed by atoms with Crippen LogP contribution in [0.15, 0.2) is 30.3 Å². The maximum atomic E-state index is 12.4. The fraction of sp³-hybridized carbons (Fsp3) is 0.500. The average molecular weight is 275 g/mol. The van der Waals surface area contributed by atoms with Crippen molar-refractivity contribution in [1.29, 1.82) is 0 Å². The zero-order valence-corrected chi connectivity index (χ0v) is 11.9. The molecule has 1 aliphatic heterocycles. The number of carbonyl (C=O) groups excluding carboxylic acids is 2. The lowest BCUT2D eigenvalue weighted by Crippen LogP contribution is -2.42. The summed E-state index contributed by atoms with van der Waals surface area (Å²) in [5.74, 6) is -0.348. The standard InChI is InChI=1S/C16H21NO3/c1-2-11-20-16(19)14-9-6-10-17(12-14)15(18)13-7-4-3-5-8-13/h3-5,7-8,14H,2,6,9-12H2,1H3. The predicted molar refractivity (Wildman–Crippen MR) is 76.3 cm³/mol. The highest BCUT2D eigenvalue weighted by atomic mass is 16.5. The molecule has 4 nitrogen and oxygen atoms in total. The molecule has 1 atom stereocenters. The van der Waals surface area contributed by atoms with Crippen LogP contribution >= 0.6 is 0 Å². The first-order valence-electron chi connectivity index (χ1n) is 7.23. The van der Waals surface area contributed by atoms with Crippen LogP contribution in [0.4, 0.5) is 0 Å². The first-order chi connectivity index (χ1) is 9.72. The van der Waals surface area contributed by atoms with Gasteiger partial charge in [0.05, 0.1) is 12.5 Å². The molecule has 0 aliphatic carbocycles. The molecular weight excluding hydrogens is 254 g/mol. The third-order valence-electron chi connectivity index (χ3n) is 3.51. The molecule has 2 rings (SSSR count). The van der Waals surface area contributed by atoms with Gasteiger partial charge in [-0.1, -0.05) is 25.1 Å². The molecule has 1 aromatic carbocycles. The van der Waals surface area contributed by atoms with E-state index < -0.39 is 0 Å². The molecule has 0 bridgehead atoms. The molecule has 1 fully saturated rings. The summed E-state index contributed by atoms with van der Waals surface area (Å²) in [5.41, 5.74) is 0.676. The van der Waals surface area contributed by atoms with Crippen molar-refractivity contribution >= 4 is 11.9 Å². The molecule has 1 amide bonds. The number of likely N-dealkylation sites (tertiary alicyclic amines) is 1. The molecule has 0 saturated carbocycles. The normalized spacial score (nSPS) is 18.6. The minimum Gasteiger partial charge on any atom is -0.465 e. The number of hydrogen-bond donors (Lipinski definition) is 0. The molecule has 108 valence electrons. The van der Waals surface area contributed by atoms with Crippen LogP contribution in [-0.4, -0.2) is 36.5 Å². The minimum absolute atomic E-state index is 0.00130. The number of rotatable bonds is 4. The molecule has 1 aliphatic rings. The number of esters is 1. The summed E-state index contributed by atoms with van der Waals surface area (Å²) in [5, 5.41) is 0. The van der Waals surface area contributed by atoms with Gasteiger partial charge in [0.25, 0.3) is 5.91 Å². The van der Waals surface area contributed by atoms with Crippen LogP contribution in [0.2, 0.25) is 0 Å². The Labute approximate surface area is 119 Å². The summed E-state index contributed by atoms with van der Waals surface area (Å²) in [6.07, 6.45) is 2.48. The molecule has 20 heavy (non-hydrogen) atoms. The van der Waals surface area contributed by atoms with Gasteiger partial charge in [0.1, 0.15) is 0 Å². The highest BCUT2D eigenvalue weighted by Crippen LogP contribution is 2.20. The topological polar surface area (TPSA) is 46.6 Å². The van der Waals surface area contributed by atoms with E-state index >= 15 is 0 Å². The van der Waals surface area contributed by atoms with E-state index in [0.717, 1.165) is 19.3 Å². The Morgan fingerprint density at radius 1 is 1.30 bits per heavy atom. The Bertz CT molecular complexity index is 458. The molecular formula is C16H21NO3. The lowest BCUT2D eigenvalue weighted by molar-refractivity contribution is -0.150. The largest absolute Gasteiger partial charge is 0.465 e. The number of piperidine rings is 1.